The molecule has 0 saturated carbocycles. The first kappa shape index (κ1) is 13.1. The van der Waals surface area contributed by atoms with Gasteiger partial charge >= 0.3 is 0 Å². The van der Waals surface area contributed by atoms with E-state index in [-0.39, 0.29) is 11.6 Å². The zero-order valence-electron chi connectivity index (χ0n) is 11.1. The van der Waals surface area contributed by atoms with Crippen LogP contribution in [0.25, 0.3) is 0 Å². The second-order valence-electron chi connectivity index (χ2n) is 4.66. The lowest BCUT2D eigenvalue weighted by Crippen LogP contribution is -2.41. The molecule has 0 spiro atoms. The van der Waals surface area contributed by atoms with Crippen molar-refractivity contribution in [3.63, 3.8) is 0 Å². The highest BCUT2D eigenvalue weighted by atomic mass is 16.5. The van der Waals surface area contributed by atoms with E-state index in [0.29, 0.717) is 0 Å². The van der Waals surface area contributed by atoms with E-state index in [1.165, 1.54) is 6.20 Å². The van der Waals surface area contributed by atoms with Gasteiger partial charge in [0, 0.05) is 0 Å². The van der Waals surface area contributed by atoms with Crippen LogP contribution in [-0.4, -0.2) is 28.4 Å². The molecule has 19 heavy (non-hydrogen) atoms. The van der Waals surface area contributed by atoms with Gasteiger partial charge in [-0.3, -0.25) is 4.79 Å². The molecule has 2 rings (SSSR count). The van der Waals surface area contributed by atoms with Crippen LogP contribution in [0.15, 0.2) is 30.5 Å². The second-order valence-corrected chi connectivity index (χ2v) is 4.66. The summed E-state index contributed by atoms with van der Waals surface area (Å²) in [6.07, 6.45) is 1.39. The molecule has 0 unspecified atom stereocenters. The first-order valence-corrected chi connectivity index (χ1v) is 5.86. The summed E-state index contributed by atoms with van der Waals surface area (Å²) >= 11 is 0. The number of rotatable bonds is 4. The molecule has 0 saturated heterocycles. The molecule has 0 bridgehead atoms. The van der Waals surface area contributed by atoms with Gasteiger partial charge in [-0.2, -0.15) is 15.4 Å². The van der Waals surface area contributed by atoms with Crippen LogP contribution in [0.5, 0.6) is 5.75 Å². The van der Waals surface area contributed by atoms with Crippen molar-refractivity contribution in [3.8, 4) is 5.75 Å². The van der Waals surface area contributed by atoms with Crippen LogP contribution in [0, 0.1) is 0 Å². The number of ether oxygens (including phenoxy) is 1. The van der Waals surface area contributed by atoms with Crippen LogP contribution in [0.2, 0.25) is 0 Å². The predicted octanol–water partition coefficient (Wildman–Crippen LogP) is 1.48. The summed E-state index contributed by atoms with van der Waals surface area (Å²) in [7, 11) is 1.62. The fourth-order valence-corrected chi connectivity index (χ4v) is 1.74. The van der Waals surface area contributed by atoms with Gasteiger partial charge in [0.2, 0.25) is 0 Å². The number of H-pyrrole nitrogens is 1. The molecule has 6 heteroatoms. The maximum absolute atomic E-state index is 12.0. The molecule has 2 aromatic rings. The third-order valence-corrected chi connectivity index (χ3v) is 2.89. The molecule has 6 nitrogen and oxygen atoms in total. The van der Waals surface area contributed by atoms with Crippen molar-refractivity contribution in [2.24, 2.45) is 0 Å². The molecule has 0 aliphatic rings. The number of hydrogen-bond acceptors (Lipinski definition) is 4. The minimum absolute atomic E-state index is 0.265. The van der Waals surface area contributed by atoms with Gasteiger partial charge in [-0.05, 0) is 31.5 Å². The van der Waals surface area contributed by atoms with Crippen LogP contribution in [0.1, 0.15) is 29.9 Å². The molecule has 1 amide bonds. The number of aromatic nitrogens is 3. The van der Waals surface area contributed by atoms with E-state index >= 15 is 0 Å². The van der Waals surface area contributed by atoms with Crippen molar-refractivity contribution in [1.82, 2.24) is 20.7 Å². The highest BCUT2D eigenvalue weighted by Gasteiger charge is 2.24. The van der Waals surface area contributed by atoms with Crippen LogP contribution in [0.4, 0.5) is 0 Å². The summed E-state index contributed by atoms with van der Waals surface area (Å²) in [6, 6.07) is 7.56. The Morgan fingerprint density at radius 3 is 2.53 bits per heavy atom. The number of carbonyl (C=O) groups is 1. The zero-order valence-corrected chi connectivity index (χ0v) is 11.1. The van der Waals surface area contributed by atoms with E-state index in [4.69, 9.17) is 4.74 Å². The number of carbonyl (C=O) groups excluding carboxylic acids is 1. The smallest absolute Gasteiger partial charge is 0.274 e. The Morgan fingerprint density at radius 2 is 2.00 bits per heavy atom. The monoisotopic (exact) mass is 260 g/mol. The Balaban J connectivity index is 2.14. The Morgan fingerprint density at radius 1 is 1.32 bits per heavy atom. The first-order valence-electron chi connectivity index (χ1n) is 5.86. The van der Waals surface area contributed by atoms with Crippen molar-refractivity contribution >= 4 is 5.91 Å². The lowest BCUT2D eigenvalue weighted by atomic mass is 9.94. The molecule has 0 aliphatic heterocycles. The molecule has 2 N–H and O–H groups in total. The van der Waals surface area contributed by atoms with Gasteiger partial charge in [-0.1, -0.05) is 12.1 Å². The molecule has 0 fully saturated rings. The molecule has 0 radical (unpaired) electrons. The minimum Gasteiger partial charge on any atom is -0.497 e. The molecule has 1 aromatic carbocycles. The normalized spacial score (nSPS) is 11.1. The average Bonchev–Trinajstić information content (AvgIpc) is 2.92. The van der Waals surface area contributed by atoms with Crippen molar-refractivity contribution in [1.29, 1.82) is 0 Å². The number of aromatic amines is 1. The summed E-state index contributed by atoms with van der Waals surface area (Å²) in [4.78, 5) is 12.0. The Kier molecular flexibility index (Phi) is 3.50. The van der Waals surface area contributed by atoms with Crippen LogP contribution in [0.3, 0.4) is 0 Å². The van der Waals surface area contributed by atoms with Gasteiger partial charge in [-0.25, -0.2) is 0 Å². The molecule has 100 valence electrons. The number of hydrogen-bond donors (Lipinski definition) is 2. The maximum Gasteiger partial charge on any atom is 0.274 e. The summed E-state index contributed by atoms with van der Waals surface area (Å²) in [5.41, 5.74) is 0.731. The topological polar surface area (TPSA) is 79.9 Å². The third kappa shape index (κ3) is 2.90. The van der Waals surface area contributed by atoms with Gasteiger partial charge in [0.15, 0.2) is 5.69 Å². The Hall–Kier alpha value is -2.37. The fraction of sp³-hybridized carbons (Fsp3) is 0.308. The van der Waals surface area contributed by atoms with Crippen molar-refractivity contribution in [2.75, 3.05) is 7.11 Å². The molecule has 1 heterocycles. The zero-order chi connectivity index (χ0) is 13.9. The van der Waals surface area contributed by atoms with Gasteiger partial charge in [0.1, 0.15) is 5.75 Å². The van der Waals surface area contributed by atoms with Crippen molar-refractivity contribution in [3.05, 3.63) is 41.7 Å². The number of benzene rings is 1. The van der Waals surface area contributed by atoms with E-state index in [2.05, 4.69) is 20.7 Å². The van der Waals surface area contributed by atoms with Crippen LogP contribution >= 0.6 is 0 Å². The van der Waals surface area contributed by atoms with Gasteiger partial charge in [0.05, 0.1) is 18.8 Å². The fourth-order valence-electron chi connectivity index (χ4n) is 1.74. The highest BCUT2D eigenvalue weighted by molar-refractivity contribution is 5.92. The van der Waals surface area contributed by atoms with E-state index in [1.54, 1.807) is 7.11 Å². The van der Waals surface area contributed by atoms with E-state index < -0.39 is 5.54 Å². The van der Waals surface area contributed by atoms with E-state index in [0.717, 1.165) is 11.3 Å². The number of nitrogens with one attached hydrogen (secondary N) is 2. The summed E-state index contributed by atoms with van der Waals surface area (Å²) in [5.74, 6) is 0.511. The third-order valence-electron chi connectivity index (χ3n) is 2.89. The summed E-state index contributed by atoms with van der Waals surface area (Å²) < 4.78 is 5.11. The first-order chi connectivity index (χ1) is 9.03. The molecular weight excluding hydrogens is 244 g/mol. The average molecular weight is 260 g/mol. The van der Waals surface area contributed by atoms with Crippen LogP contribution < -0.4 is 10.1 Å². The minimum atomic E-state index is -0.512. The Bertz CT molecular complexity index is 547. The maximum atomic E-state index is 12.0. The number of methoxy groups -OCH3 is 1. The van der Waals surface area contributed by atoms with Gasteiger partial charge < -0.3 is 10.1 Å². The standard InChI is InChI=1S/C13H16N4O2/c1-13(2,9-4-6-10(19-3)7-5-9)15-12(18)11-8-14-17-16-11/h4-8H,1-3H3,(H,15,18)(H,14,16,17). The lowest BCUT2D eigenvalue weighted by molar-refractivity contribution is 0.0907. The second kappa shape index (κ2) is 5.09. The quantitative estimate of drug-likeness (QED) is 0.872. The molecule has 1 aromatic heterocycles. The Labute approximate surface area is 111 Å². The highest BCUT2D eigenvalue weighted by Crippen LogP contribution is 2.22. The predicted molar refractivity (Wildman–Crippen MR) is 69.9 cm³/mol. The van der Waals surface area contributed by atoms with E-state index in [1.807, 2.05) is 38.1 Å². The lowest BCUT2D eigenvalue weighted by Gasteiger charge is -2.26. The van der Waals surface area contributed by atoms with Crippen molar-refractivity contribution in [2.45, 2.75) is 19.4 Å². The SMILES string of the molecule is COc1ccc(C(C)(C)NC(=O)c2cn[nH]n2)cc1. The van der Waals surface area contributed by atoms with Crippen LogP contribution in [-0.2, 0) is 5.54 Å². The number of nitrogens with zero attached hydrogens (tertiary/aromatic N) is 2. The van der Waals surface area contributed by atoms with E-state index in [9.17, 15) is 4.79 Å². The van der Waals surface area contributed by atoms with Gasteiger partial charge in [-0.15, -0.1) is 0 Å². The van der Waals surface area contributed by atoms with Gasteiger partial charge in [0.25, 0.3) is 5.91 Å². The van der Waals surface area contributed by atoms with Crippen molar-refractivity contribution < 1.29 is 9.53 Å². The molecular formula is C13H16N4O2. The number of amides is 1. The summed E-state index contributed by atoms with van der Waals surface area (Å²) in [6.45, 7) is 3.85. The molecule has 0 aliphatic carbocycles. The largest absolute Gasteiger partial charge is 0.497 e. The molecule has 0 atom stereocenters. The summed E-state index contributed by atoms with van der Waals surface area (Å²) in [5, 5.41) is 12.7.